The third-order valence-electron chi connectivity index (χ3n) is 3.90. The topological polar surface area (TPSA) is 90.7 Å². The van der Waals surface area contributed by atoms with Gasteiger partial charge in [-0.1, -0.05) is 11.6 Å². The van der Waals surface area contributed by atoms with Gasteiger partial charge in [0.1, 0.15) is 17.2 Å². The Morgan fingerprint density at radius 2 is 1.46 bits per heavy atom. The van der Waals surface area contributed by atoms with Crippen LogP contribution in [0.5, 0.6) is 17.2 Å². The van der Waals surface area contributed by atoms with Gasteiger partial charge < -0.3 is 20.5 Å². The van der Waals surface area contributed by atoms with E-state index in [1.807, 2.05) is 0 Å². The van der Waals surface area contributed by atoms with Crippen molar-refractivity contribution in [2.45, 2.75) is 0 Å². The van der Waals surface area contributed by atoms with Gasteiger partial charge in [0, 0.05) is 16.8 Å². The van der Waals surface area contributed by atoms with E-state index in [9.17, 15) is 9.59 Å². The molecule has 3 rings (SSSR count). The molecular weight excluding hydrogens is 380 g/mol. The first-order chi connectivity index (χ1) is 13.5. The molecule has 0 saturated carbocycles. The average Bonchev–Trinajstić information content (AvgIpc) is 2.69. The first-order valence-corrected chi connectivity index (χ1v) is 8.67. The Bertz CT molecular complexity index is 1000. The van der Waals surface area contributed by atoms with Crippen LogP contribution in [0.15, 0.2) is 66.7 Å². The number of hydrogen-bond donors (Lipinski definition) is 2. The number of ether oxygens (including phenoxy) is 2. The van der Waals surface area contributed by atoms with Crippen LogP contribution >= 0.6 is 11.6 Å². The quantitative estimate of drug-likeness (QED) is 0.642. The zero-order valence-electron chi connectivity index (χ0n) is 14.9. The summed E-state index contributed by atoms with van der Waals surface area (Å²) in [6.45, 7) is 0. The van der Waals surface area contributed by atoms with Crippen LogP contribution in [0.1, 0.15) is 20.7 Å². The summed E-state index contributed by atoms with van der Waals surface area (Å²) in [4.78, 5) is 23.5. The van der Waals surface area contributed by atoms with Crippen LogP contribution < -0.4 is 20.5 Å². The lowest BCUT2D eigenvalue weighted by Gasteiger charge is -2.09. The Hall–Kier alpha value is -3.51. The third-order valence-corrected chi connectivity index (χ3v) is 4.20. The molecule has 0 aliphatic heterocycles. The third kappa shape index (κ3) is 4.61. The minimum absolute atomic E-state index is 0.279. The van der Waals surface area contributed by atoms with E-state index >= 15 is 0 Å². The lowest BCUT2D eigenvalue weighted by atomic mass is 10.2. The van der Waals surface area contributed by atoms with Crippen molar-refractivity contribution in [3.8, 4) is 17.2 Å². The summed E-state index contributed by atoms with van der Waals surface area (Å²) in [6.07, 6.45) is 0. The molecule has 0 atom stereocenters. The van der Waals surface area contributed by atoms with Crippen LogP contribution in [-0.2, 0) is 0 Å². The molecule has 0 fully saturated rings. The number of nitrogens with one attached hydrogen (secondary N) is 1. The number of amides is 2. The van der Waals surface area contributed by atoms with E-state index in [4.69, 9.17) is 26.8 Å². The van der Waals surface area contributed by atoms with Crippen molar-refractivity contribution in [3.05, 3.63) is 82.9 Å². The smallest absolute Gasteiger partial charge is 0.255 e. The van der Waals surface area contributed by atoms with Gasteiger partial charge in [0.15, 0.2) is 0 Å². The molecule has 0 aliphatic rings. The predicted octanol–water partition coefficient (Wildman–Crippen LogP) is 4.49. The highest BCUT2D eigenvalue weighted by atomic mass is 35.5. The molecule has 3 aromatic rings. The van der Waals surface area contributed by atoms with Crippen molar-refractivity contribution in [3.63, 3.8) is 0 Å². The van der Waals surface area contributed by atoms with Gasteiger partial charge in [0.2, 0.25) is 5.91 Å². The number of anilines is 1. The number of carbonyl (C=O) groups excluding carboxylic acids is 2. The van der Waals surface area contributed by atoms with Crippen molar-refractivity contribution in [1.82, 2.24) is 0 Å². The molecule has 2 amide bonds. The van der Waals surface area contributed by atoms with Crippen LogP contribution in [0, 0.1) is 0 Å². The first-order valence-electron chi connectivity index (χ1n) is 8.29. The Kier molecular flexibility index (Phi) is 5.81. The number of halogens is 1. The number of methoxy groups -OCH3 is 1. The molecule has 0 unspecified atom stereocenters. The standard InChI is InChI=1S/C21H17ClN2O4/c1-27-19-11-6-15(12-18(19)22)24-21(26)14-4-9-17(10-5-14)28-16-7-2-13(3-8-16)20(23)25/h2-12H,1H3,(H2,23,25)(H,24,26). The molecule has 0 bridgehead atoms. The van der Waals surface area contributed by atoms with Crippen LogP contribution in [-0.4, -0.2) is 18.9 Å². The van der Waals surface area contributed by atoms with Gasteiger partial charge in [-0.25, -0.2) is 0 Å². The Balaban J connectivity index is 1.65. The monoisotopic (exact) mass is 396 g/mol. The molecule has 0 saturated heterocycles. The maximum absolute atomic E-state index is 12.4. The molecule has 0 heterocycles. The number of benzene rings is 3. The number of rotatable bonds is 6. The van der Waals surface area contributed by atoms with Crippen molar-refractivity contribution in [2.24, 2.45) is 5.73 Å². The van der Waals surface area contributed by atoms with E-state index in [0.29, 0.717) is 39.1 Å². The highest BCUT2D eigenvalue weighted by Crippen LogP contribution is 2.27. The Morgan fingerprint density at radius 3 is 1.96 bits per heavy atom. The molecule has 28 heavy (non-hydrogen) atoms. The largest absolute Gasteiger partial charge is 0.495 e. The number of nitrogens with two attached hydrogens (primary N) is 1. The molecule has 0 aromatic heterocycles. The molecule has 6 nitrogen and oxygen atoms in total. The summed E-state index contributed by atoms with van der Waals surface area (Å²) in [6, 6.07) is 18.1. The maximum atomic E-state index is 12.4. The number of hydrogen-bond acceptors (Lipinski definition) is 4. The summed E-state index contributed by atoms with van der Waals surface area (Å²) in [5.41, 5.74) is 6.63. The van der Waals surface area contributed by atoms with Crippen molar-refractivity contribution in [1.29, 1.82) is 0 Å². The average molecular weight is 397 g/mol. The van der Waals surface area contributed by atoms with Gasteiger partial charge >= 0.3 is 0 Å². The molecule has 3 aromatic carbocycles. The summed E-state index contributed by atoms with van der Waals surface area (Å²) in [5.74, 6) is 0.856. The fraction of sp³-hybridized carbons (Fsp3) is 0.0476. The molecule has 0 radical (unpaired) electrons. The maximum Gasteiger partial charge on any atom is 0.255 e. The molecule has 3 N–H and O–H groups in total. The zero-order chi connectivity index (χ0) is 20.1. The SMILES string of the molecule is COc1ccc(NC(=O)c2ccc(Oc3ccc(C(N)=O)cc3)cc2)cc1Cl. The second-order valence-electron chi connectivity index (χ2n) is 5.82. The molecule has 0 aliphatic carbocycles. The molecule has 0 spiro atoms. The highest BCUT2D eigenvalue weighted by molar-refractivity contribution is 6.32. The van der Waals surface area contributed by atoms with Gasteiger partial charge in [-0.2, -0.15) is 0 Å². The Morgan fingerprint density at radius 1 is 0.893 bits per heavy atom. The first kappa shape index (κ1) is 19.3. The van der Waals surface area contributed by atoms with Crippen molar-refractivity contribution < 1.29 is 19.1 Å². The predicted molar refractivity (Wildman–Crippen MR) is 107 cm³/mol. The summed E-state index contributed by atoms with van der Waals surface area (Å²) in [7, 11) is 1.52. The van der Waals surface area contributed by atoms with Crippen LogP contribution in [0.4, 0.5) is 5.69 Å². The lowest BCUT2D eigenvalue weighted by Crippen LogP contribution is -2.11. The van der Waals surface area contributed by atoms with E-state index in [2.05, 4.69) is 5.32 Å². The highest BCUT2D eigenvalue weighted by Gasteiger charge is 2.09. The van der Waals surface area contributed by atoms with Crippen LogP contribution in [0.2, 0.25) is 5.02 Å². The molecular formula is C21H17ClN2O4. The van der Waals surface area contributed by atoms with Gasteiger partial charge in [-0.15, -0.1) is 0 Å². The van der Waals surface area contributed by atoms with E-state index in [1.54, 1.807) is 66.7 Å². The van der Waals surface area contributed by atoms with Crippen LogP contribution in [0.3, 0.4) is 0 Å². The van der Waals surface area contributed by atoms with Crippen molar-refractivity contribution >= 4 is 29.1 Å². The fourth-order valence-corrected chi connectivity index (χ4v) is 2.70. The molecule has 142 valence electrons. The second-order valence-corrected chi connectivity index (χ2v) is 6.23. The Labute approximate surface area is 166 Å². The van der Waals surface area contributed by atoms with E-state index in [-0.39, 0.29) is 5.91 Å². The van der Waals surface area contributed by atoms with Gasteiger partial charge in [0.05, 0.1) is 12.1 Å². The lowest BCUT2D eigenvalue weighted by molar-refractivity contribution is 0.0997. The minimum atomic E-state index is -0.500. The number of primary amides is 1. The van der Waals surface area contributed by atoms with E-state index in [0.717, 1.165) is 0 Å². The van der Waals surface area contributed by atoms with E-state index < -0.39 is 5.91 Å². The fourth-order valence-electron chi connectivity index (χ4n) is 2.45. The summed E-state index contributed by atoms with van der Waals surface area (Å²) < 4.78 is 10.8. The van der Waals surface area contributed by atoms with Gasteiger partial charge in [0.25, 0.3) is 5.91 Å². The zero-order valence-corrected chi connectivity index (χ0v) is 15.7. The van der Waals surface area contributed by atoms with Gasteiger partial charge in [-0.3, -0.25) is 9.59 Å². The molecule has 7 heteroatoms. The van der Waals surface area contributed by atoms with Gasteiger partial charge in [-0.05, 0) is 66.7 Å². The minimum Gasteiger partial charge on any atom is -0.495 e. The van der Waals surface area contributed by atoms with E-state index in [1.165, 1.54) is 7.11 Å². The summed E-state index contributed by atoms with van der Waals surface area (Å²) >= 11 is 6.07. The van der Waals surface area contributed by atoms with Crippen LogP contribution in [0.25, 0.3) is 0 Å². The normalized spacial score (nSPS) is 10.2. The van der Waals surface area contributed by atoms with Crippen molar-refractivity contribution in [2.75, 3.05) is 12.4 Å². The summed E-state index contributed by atoms with van der Waals surface area (Å²) in [5, 5.41) is 3.18. The second kappa shape index (κ2) is 8.45. The number of carbonyl (C=O) groups is 2.